The van der Waals surface area contributed by atoms with E-state index in [1.54, 1.807) is 13.8 Å². The van der Waals surface area contributed by atoms with E-state index < -0.39 is 121 Å². The highest BCUT2D eigenvalue weighted by Crippen LogP contribution is 2.18. The summed E-state index contributed by atoms with van der Waals surface area (Å²) < 4.78 is 0. The van der Waals surface area contributed by atoms with E-state index in [9.17, 15) is 63.6 Å². The number of likely N-dealkylation sites (tertiary alicyclic amines) is 1. The van der Waals surface area contributed by atoms with E-state index in [4.69, 9.17) is 17.2 Å². The molecule has 9 atom stereocenters. The number of carbonyl (C=O) groups excluding carboxylic acids is 8. The maximum atomic E-state index is 14.0. The lowest BCUT2D eigenvalue weighted by Gasteiger charge is -2.29. The minimum atomic E-state index is -1.68. The fourth-order valence-corrected chi connectivity index (χ4v) is 7.14. The van der Waals surface area contributed by atoms with Gasteiger partial charge in [-0.2, -0.15) is 0 Å². The zero-order valence-corrected chi connectivity index (χ0v) is 38.5. The molecular formula is C43H71N11O13. The van der Waals surface area contributed by atoms with Crippen molar-refractivity contribution < 1.29 is 63.6 Å². The Bertz CT molecular complexity index is 1820. The Morgan fingerprint density at radius 1 is 0.657 bits per heavy atom. The van der Waals surface area contributed by atoms with Crippen LogP contribution in [0.15, 0.2) is 24.3 Å². The summed E-state index contributed by atoms with van der Waals surface area (Å²) in [5, 5.41) is 56.5. The monoisotopic (exact) mass is 950 g/mol. The van der Waals surface area contributed by atoms with Gasteiger partial charge in [0.25, 0.3) is 0 Å². The summed E-state index contributed by atoms with van der Waals surface area (Å²) in [6.45, 7) is 3.43. The molecule has 1 heterocycles. The third-order valence-corrected chi connectivity index (χ3v) is 11.4. The minimum Gasteiger partial charge on any atom is -0.508 e. The minimum absolute atomic E-state index is 0.0419. The molecule has 0 saturated carbocycles. The molecule has 1 aromatic carbocycles. The number of benzene rings is 1. The van der Waals surface area contributed by atoms with Gasteiger partial charge in [0.2, 0.25) is 47.3 Å². The van der Waals surface area contributed by atoms with E-state index in [1.165, 1.54) is 36.1 Å². The van der Waals surface area contributed by atoms with Crippen molar-refractivity contribution in [3.8, 4) is 5.75 Å². The number of nitrogens with one attached hydrogen (secondary N) is 7. The normalized spacial score (nSPS) is 17.0. The molecule has 0 radical (unpaired) electrons. The van der Waals surface area contributed by atoms with Crippen LogP contribution in [0.3, 0.4) is 0 Å². The lowest BCUT2D eigenvalue weighted by molar-refractivity contribution is -0.143. The zero-order chi connectivity index (χ0) is 50.2. The van der Waals surface area contributed by atoms with Crippen LogP contribution in [-0.2, 0) is 49.6 Å². The second-order valence-electron chi connectivity index (χ2n) is 16.5. The summed E-state index contributed by atoms with van der Waals surface area (Å²) in [5.41, 5.74) is 17.2. The predicted octanol–water partition coefficient (Wildman–Crippen LogP) is -4.33. The number of carbonyl (C=O) groups is 9. The molecule has 0 unspecified atom stereocenters. The molecule has 1 saturated heterocycles. The van der Waals surface area contributed by atoms with E-state index in [2.05, 4.69) is 37.2 Å². The number of hydrogen-bond donors (Lipinski definition) is 14. The molecule has 8 amide bonds. The van der Waals surface area contributed by atoms with Gasteiger partial charge in [-0.15, -0.1) is 0 Å². The van der Waals surface area contributed by atoms with Crippen molar-refractivity contribution in [2.45, 2.75) is 133 Å². The third-order valence-electron chi connectivity index (χ3n) is 11.4. The van der Waals surface area contributed by atoms with E-state index >= 15 is 0 Å². The number of carboxylic acids is 1. The lowest BCUT2D eigenvalue weighted by Crippen LogP contribution is -2.61. The molecule has 0 aromatic heterocycles. The average Bonchev–Trinajstić information content (AvgIpc) is 3.81. The van der Waals surface area contributed by atoms with Gasteiger partial charge in [0, 0.05) is 13.0 Å². The molecule has 0 aliphatic carbocycles. The SMILES string of the molecule is CC[C@H](C)[C@H](NC(=O)[C@H](CO)NC(=O)[C@H](Cc1ccc(O)cc1)NC(=O)[C@H](C)NC(=O)[C@@H]1CCCN1C(=O)CN)C(=O)N[C@@H](CCCCN)C(=O)N[C@@H](CCCCN)C(=O)N[C@@H](CO)C(=O)O. The smallest absolute Gasteiger partial charge is 0.328 e. The fourth-order valence-electron chi connectivity index (χ4n) is 7.14. The highest BCUT2D eigenvalue weighted by atomic mass is 16.4. The van der Waals surface area contributed by atoms with Crippen LogP contribution in [-0.4, -0.2) is 166 Å². The largest absolute Gasteiger partial charge is 0.508 e. The fraction of sp³-hybridized carbons (Fsp3) is 0.651. The molecule has 1 aliphatic rings. The zero-order valence-electron chi connectivity index (χ0n) is 38.5. The van der Waals surface area contributed by atoms with Crippen LogP contribution in [0.2, 0.25) is 0 Å². The maximum Gasteiger partial charge on any atom is 0.328 e. The van der Waals surface area contributed by atoms with Gasteiger partial charge in [-0.3, -0.25) is 38.4 Å². The third kappa shape index (κ3) is 18.7. The molecule has 2 rings (SSSR count). The number of nitrogens with two attached hydrogens (primary N) is 3. The van der Waals surface area contributed by atoms with Crippen molar-refractivity contribution in [3.05, 3.63) is 29.8 Å². The first kappa shape index (κ1) is 57.2. The van der Waals surface area contributed by atoms with Crippen LogP contribution in [0.5, 0.6) is 5.75 Å². The molecule has 67 heavy (non-hydrogen) atoms. The van der Waals surface area contributed by atoms with Crippen molar-refractivity contribution >= 4 is 53.2 Å². The number of unbranched alkanes of at least 4 members (excludes halogenated alkanes) is 2. The van der Waals surface area contributed by atoms with Crippen molar-refractivity contribution in [1.29, 1.82) is 0 Å². The Kier molecular flexibility index (Phi) is 25.3. The Labute approximate surface area is 389 Å². The number of aromatic hydroxyl groups is 1. The summed E-state index contributed by atoms with van der Waals surface area (Å²) >= 11 is 0. The van der Waals surface area contributed by atoms with Gasteiger partial charge < -0.3 is 79.7 Å². The second kappa shape index (κ2) is 29.6. The van der Waals surface area contributed by atoms with E-state index in [1.807, 2.05) is 0 Å². The van der Waals surface area contributed by atoms with E-state index in [0.717, 1.165) is 0 Å². The van der Waals surface area contributed by atoms with Crippen LogP contribution >= 0.6 is 0 Å². The molecule has 24 nitrogen and oxygen atoms in total. The standard InChI is InChI=1S/C43H71N11O13/c1-4-24(2)35(42(65)49-29(11-6-8-18-45)37(60)48-28(10-5-7-17-44)38(61)52-32(23-56)43(66)67)53-40(63)31(22-55)51-39(62)30(20-26-13-15-27(57)16-14-26)50-36(59)25(3)47-41(64)33-12-9-19-54(33)34(58)21-46/h13-16,24-25,28-33,35,55-57H,4-12,17-23,44-46H2,1-3H3,(H,47,64)(H,48,60)(H,49,65)(H,50,59)(H,51,62)(H,52,61)(H,53,63)(H,66,67)/t24-,25-,28-,29-,30-,31-,32-,33-,35-/m0/s1. The molecule has 1 aliphatic heterocycles. The summed E-state index contributed by atoms with van der Waals surface area (Å²) in [6.07, 6.45) is 2.79. The van der Waals surface area contributed by atoms with E-state index in [-0.39, 0.29) is 44.6 Å². The van der Waals surface area contributed by atoms with Crippen molar-refractivity contribution in [1.82, 2.24) is 42.1 Å². The number of aliphatic hydroxyl groups is 2. The second-order valence-corrected chi connectivity index (χ2v) is 16.5. The topological polar surface area (TPSA) is 400 Å². The average molecular weight is 950 g/mol. The number of aliphatic hydroxyl groups excluding tert-OH is 2. The number of amides is 8. The van der Waals surface area contributed by atoms with Gasteiger partial charge in [-0.25, -0.2) is 4.79 Å². The molecule has 0 spiro atoms. The van der Waals surface area contributed by atoms with E-state index in [0.29, 0.717) is 57.1 Å². The molecule has 1 aromatic rings. The first-order valence-corrected chi connectivity index (χ1v) is 22.6. The van der Waals surface area contributed by atoms with Gasteiger partial charge in [-0.1, -0.05) is 32.4 Å². The maximum absolute atomic E-state index is 14.0. The van der Waals surface area contributed by atoms with Crippen LogP contribution in [0, 0.1) is 5.92 Å². The van der Waals surface area contributed by atoms with Gasteiger partial charge in [0.05, 0.1) is 19.8 Å². The lowest BCUT2D eigenvalue weighted by atomic mass is 9.97. The Balaban J connectivity index is 2.31. The van der Waals surface area contributed by atoms with Crippen molar-refractivity contribution in [2.24, 2.45) is 23.1 Å². The number of phenolic OH excluding ortho intramolecular Hbond substituents is 1. The van der Waals surface area contributed by atoms with Crippen LogP contribution in [0.25, 0.3) is 0 Å². The molecule has 17 N–H and O–H groups in total. The molecular weight excluding hydrogens is 879 g/mol. The summed E-state index contributed by atoms with van der Waals surface area (Å²) in [7, 11) is 0. The highest BCUT2D eigenvalue weighted by molar-refractivity contribution is 5.98. The Morgan fingerprint density at radius 3 is 1.66 bits per heavy atom. The highest BCUT2D eigenvalue weighted by Gasteiger charge is 2.37. The van der Waals surface area contributed by atoms with Gasteiger partial charge >= 0.3 is 5.97 Å². The quantitative estimate of drug-likeness (QED) is 0.0324. The van der Waals surface area contributed by atoms with Crippen molar-refractivity contribution in [3.63, 3.8) is 0 Å². The summed E-state index contributed by atoms with van der Waals surface area (Å²) in [4.78, 5) is 120. The number of aliphatic carboxylic acids is 1. The summed E-state index contributed by atoms with van der Waals surface area (Å²) in [6, 6.07) is -4.99. The van der Waals surface area contributed by atoms with Gasteiger partial charge in [0.1, 0.15) is 54.1 Å². The predicted molar refractivity (Wildman–Crippen MR) is 242 cm³/mol. The molecule has 24 heteroatoms. The molecule has 1 fully saturated rings. The summed E-state index contributed by atoms with van der Waals surface area (Å²) in [5.74, 6) is -8.44. The van der Waals surface area contributed by atoms with Crippen LogP contribution in [0.1, 0.15) is 84.1 Å². The van der Waals surface area contributed by atoms with Crippen LogP contribution in [0.4, 0.5) is 0 Å². The number of hydrogen-bond acceptors (Lipinski definition) is 15. The number of carboxylic acid groups (broad SMARTS) is 1. The van der Waals surface area contributed by atoms with Gasteiger partial charge in [0.15, 0.2) is 0 Å². The van der Waals surface area contributed by atoms with Gasteiger partial charge in [-0.05, 0) is 95.0 Å². The Morgan fingerprint density at radius 2 is 1.15 bits per heavy atom. The molecule has 376 valence electrons. The van der Waals surface area contributed by atoms with Crippen LogP contribution < -0.4 is 54.4 Å². The first-order valence-electron chi connectivity index (χ1n) is 22.6. The first-order chi connectivity index (χ1) is 31.8. The molecule has 0 bridgehead atoms. The van der Waals surface area contributed by atoms with Crippen molar-refractivity contribution in [2.75, 3.05) is 39.4 Å². The number of phenols is 1. The number of rotatable bonds is 30. The Hall–Kier alpha value is -5.95. The number of nitrogens with zero attached hydrogens (tertiary/aromatic N) is 1.